The van der Waals surface area contributed by atoms with Crippen molar-refractivity contribution >= 4 is 16.0 Å². The van der Waals surface area contributed by atoms with Crippen molar-refractivity contribution in [3.63, 3.8) is 0 Å². The van der Waals surface area contributed by atoms with Crippen LogP contribution in [0.3, 0.4) is 0 Å². The monoisotopic (exact) mass is 337 g/mol. The smallest absolute Gasteiger partial charge is 0.338 e. The SMILES string of the molecule is Cc1cc(C)cc(C(=O)OCc2ccc(S(=O)(=O)N(C)C)o2)c1. The molecular weight excluding hydrogens is 318 g/mol. The molecule has 0 aliphatic heterocycles. The molecule has 0 aliphatic rings. The second-order valence-corrected chi connectivity index (χ2v) is 7.54. The van der Waals surface area contributed by atoms with Crippen LogP contribution in [0.1, 0.15) is 27.2 Å². The lowest BCUT2D eigenvalue weighted by molar-refractivity contribution is 0.0440. The van der Waals surface area contributed by atoms with Gasteiger partial charge in [-0.3, -0.25) is 0 Å². The van der Waals surface area contributed by atoms with E-state index in [0.29, 0.717) is 5.56 Å². The van der Waals surface area contributed by atoms with Crippen LogP contribution in [0.4, 0.5) is 0 Å². The summed E-state index contributed by atoms with van der Waals surface area (Å²) in [7, 11) is -0.803. The van der Waals surface area contributed by atoms with Crippen molar-refractivity contribution in [3.8, 4) is 0 Å². The Bertz CT molecular complexity index is 800. The Balaban J connectivity index is 2.07. The van der Waals surface area contributed by atoms with Gasteiger partial charge in [-0.1, -0.05) is 17.2 Å². The molecule has 0 saturated carbocycles. The fourth-order valence-electron chi connectivity index (χ4n) is 2.07. The number of carbonyl (C=O) groups is 1. The van der Waals surface area contributed by atoms with Gasteiger partial charge in [0.2, 0.25) is 5.09 Å². The molecule has 1 aromatic carbocycles. The van der Waals surface area contributed by atoms with Crippen molar-refractivity contribution in [2.75, 3.05) is 14.1 Å². The van der Waals surface area contributed by atoms with Crippen LogP contribution in [0.2, 0.25) is 0 Å². The van der Waals surface area contributed by atoms with Gasteiger partial charge >= 0.3 is 5.97 Å². The molecule has 124 valence electrons. The van der Waals surface area contributed by atoms with Crippen LogP contribution in [0.25, 0.3) is 0 Å². The molecule has 0 unspecified atom stereocenters. The molecule has 2 rings (SSSR count). The Hall–Kier alpha value is -2.12. The standard InChI is InChI=1S/C16H19NO5S/c1-11-7-12(2)9-13(8-11)16(18)21-10-14-5-6-15(22-14)23(19,20)17(3)4/h5-9H,10H2,1-4H3. The van der Waals surface area contributed by atoms with Crippen LogP contribution in [-0.4, -0.2) is 32.8 Å². The van der Waals surface area contributed by atoms with Gasteiger partial charge in [0.25, 0.3) is 10.0 Å². The number of esters is 1. The topological polar surface area (TPSA) is 76.8 Å². The van der Waals surface area contributed by atoms with Crippen molar-refractivity contribution in [2.45, 2.75) is 25.5 Å². The van der Waals surface area contributed by atoms with Gasteiger partial charge in [0.15, 0.2) is 0 Å². The maximum Gasteiger partial charge on any atom is 0.338 e. The Kier molecular flexibility index (Phi) is 4.91. The molecule has 0 radical (unpaired) electrons. The van der Waals surface area contributed by atoms with Crippen molar-refractivity contribution in [1.29, 1.82) is 0 Å². The molecule has 0 saturated heterocycles. The van der Waals surface area contributed by atoms with Crippen LogP contribution < -0.4 is 0 Å². The molecular formula is C16H19NO5S. The molecule has 0 spiro atoms. The lowest BCUT2D eigenvalue weighted by Crippen LogP contribution is -2.21. The summed E-state index contributed by atoms with van der Waals surface area (Å²) in [5, 5.41) is -0.181. The first-order chi connectivity index (χ1) is 10.7. The average molecular weight is 337 g/mol. The molecule has 23 heavy (non-hydrogen) atoms. The van der Waals surface area contributed by atoms with Crippen LogP contribution in [-0.2, 0) is 21.4 Å². The fourth-order valence-corrected chi connectivity index (χ4v) is 2.88. The predicted molar refractivity (Wildman–Crippen MR) is 84.6 cm³/mol. The summed E-state index contributed by atoms with van der Waals surface area (Å²) in [4.78, 5) is 12.0. The average Bonchev–Trinajstić information content (AvgIpc) is 2.93. The van der Waals surface area contributed by atoms with E-state index >= 15 is 0 Å². The van der Waals surface area contributed by atoms with Crippen molar-refractivity contribution < 1.29 is 22.4 Å². The first kappa shape index (κ1) is 17.2. The summed E-state index contributed by atoms with van der Waals surface area (Å²) >= 11 is 0. The number of carbonyl (C=O) groups excluding carboxylic acids is 1. The summed E-state index contributed by atoms with van der Waals surface area (Å²) < 4.78 is 35.3. The van der Waals surface area contributed by atoms with Crippen molar-refractivity contribution in [2.24, 2.45) is 0 Å². The number of sulfonamides is 1. The number of aryl methyl sites for hydroxylation is 2. The third-order valence-electron chi connectivity index (χ3n) is 3.17. The highest BCUT2D eigenvalue weighted by molar-refractivity contribution is 7.88. The van der Waals surface area contributed by atoms with Gasteiger partial charge in [-0.15, -0.1) is 0 Å². The van der Waals surface area contributed by atoms with Crippen LogP contribution in [0, 0.1) is 13.8 Å². The highest BCUT2D eigenvalue weighted by Gasteiger charge is 2.21. The minimum atomic E-state index is -3.63. The zero-order valence-electron chi connectivity index (χ0n) is 13.5. The predicted octanol–water partition coefficient (Wildman–Crippen LogP) is 2.50. The third-order valence-corrected chi connectivity index (χ3v) is 4.86. The fraction of sp³-hybridized carbons (Fsp3) is 0.312. The first-order valence-corrected chi connectivity index (χ1v) is 8.41. The minimum Gasteiger partial charge on any atom is -0.454 e. The molecule has 2 aromatic rings. The summed E-state index contributed by atoms with van der Waals surface area (Å²) in [6.07, 6.45) is 0. The van der Waals surface area contributed by atoms with E-state index < -0.39 is 16.0 Å². The first-order valence-electron chi connectivity index (χ1n) is 6.97. The molecule has 0 atom stereocenters. The summed E-state index contributed by atoms with van der Waals surface area (Å²) in [6, 6.07) is 8.25. The van der Waals surface area contributed by atoms with Gasteiger partial charge in [0.1, 0.15) is 12.4 Å². The van der Waals surface area contributed by atoms with Crippen LogP contribution in [0.5, 0.6) is 0 Å². The van der Waals surface area contributed by atoms with Crippen molar-refractivity contribution in [3.05, 3.63) is 52.8 Å². The lowest BCUT2D eigenvalue weighted by atomic mass is 10.1. The van der Waals surface area contributed by atoms with E-state index in [1.807, 2.05) is 19.9 Å². The number of nitrogens with zero attached hydrogens (tertiary/aromatic N) is 1. The number of ether oxygens (including phenoxy) is 1. The molecule has 0 fully saturated rings. The zero-order chi connectivity index (χ0) is 17.2. The molecule has 0 amide bonds. The summed E-state index contributed by atoms with van der Waals surface area (Å²) in [5.74, 6) is -0.214. The molecule has 0 aliphatic carbocycles. The Labute approximate surface area is 135 Å². The van der Waals surface area contributed by atoms with E-state index in [1.54, 1.807) is 12.1 Å². The van der Waals surface area contributed by atoms with Gasteiger partial charge < -0.3 is 9.15 Å². The zero-order valence-corrected chi connectivity index (χ0v) is 14.3. The molecule has 7 heteroatoms. The third kappa shape index (κ3) is 4.00. The second-order valence-electron chi connectivity index (χ2n) is 5.46. The van der Waals surface area contributed by atoms with Crippen LogP contribution in [0.15, 0.2) is 39.8 Å². The summed E-state index contributed by atoms with van der Waals surface area (Å²) in [5.41, 5.74) is 2.39. The van der Waals surface area contributed by atoms with Gasteiger partial charge in [0, 0.05) is 14.1 Å². The molecule has 6 nitrogen and oxygen atoms in total. The highest BCUT2D eigenvalue weighted by Crippen LogP contribution is 2.18. The number of rotatable bonds is 5. The normalized spacial score (nSPS) is 11.7. The van der Waals surface area contributed by atoms with Gasteiger partial charge in [-0.2, -0.15) is 0 Å². The summed E-state index contributed by atoms with van der Waals surface area (Å²) in [6.45, 7) is 3.66. The van der Waals surface area contributed by atoms with E-state index in [-0.39, 0.29) is 17.5 Å². The molecule has 0 bridgehead atoms. The van der Waals surface area contributed by atoms with Crippen molar-refractivity contribution in [1.82, 2.24) is 4.31 Å². The molecule has 1 heterocycles. The maximum atomic E-state index is 12.0. The van der Waals surface area contributed by atoms with E-state index in [4.69, 9.17) is 9.15 Å². The highest BCUT2D eigenvalue weighted by atomic mass is 32.2. The van der Waals surface area contributed by atoms with Crippen LogP contribution >= 0.6 is 0 Å². The number of hydrogen-bond donors (Lipinski definition) is 0. The van der Waals surface area contributed by atoms with Gasteiger partial charge in [0.05, 0.1) is 5.56 Å². The maximum absolute atomic E-state index is 12.0. The Morgan fingerprint density at radius 1 is 1.13 bits per heavy atom. The van der Waals surface area contributed by atoms with E-state index in [1.165, 1.54) is 26.2 Å². The van der Waals surface area contributed by atoms with E-state index in [0.717, 1.165) is 15.4 Å². The Morgan fingerprint density at radius 2 is 1.74 bits per heavy atom. The number of benzene rings is 1. The quantitative estimate of drug-likeness (QED) is 0.784. The lowest BCUT2D eigenvalue weighted by Gasteiger charge is -2.08. The molecule has 1 aromatic heterocycles. The van der Waals surface area contributed by atoms with Gasteiger partial charge in [-0.25, -0.2) is 17.5 Å². The minimum absolute atomic E-state index is 0.130. The Morgan fingerprint density at radius 3 is 2.30 bits per heavy atom. The number of hydrogen-bond acceptors (Lipinski definition) is 5. The second kappa shape index (κ2) is 6.55. The van der Waals surface area contributed by atoms with Gasteiger partial charge in [-0.05, 0) is 38.1 Å². The van der Waals surface area contributed by atoms with E-state index in [2.05, 4.69) is 0 Å². The number of furan rings is 1. The molecule has 0 N–H and O–H groups in total. The van der Waals surface area contributed by atoms with E-state index in [9.17, 15) is 13.2 Å². The largest absolute Gasteiger partial charge is 0.454 e.